The second-order valence-corrected chi connectivity index (χ2v) is 10.4. The Labute approximate surface area is 210 Å². The fraction of sp³-hybridized carbons (Fsp3) is 0.321. The van der Waals surface area contributed by atoms with Crippen LogP contribution in [-0.2, 0) is 6.61 Å². The standard InChI is InChI=1S/C28H32N6O2/c1-27(2)23(11-12-28(27,3)30)33-25-21(26(29)35)15-32-34-16-20(13-22(25)34)19-9-10-24(31-14-19)36-17-18-7-5-4-6-8-18/h4-10,13-16,23,33H,11-12,17,30H2,1-3H3,(H2,29,35)/t23-,28+/m1/s1. The van der Waals surface area contributed by atoms with Crippen LogP contribution in [0.1, 0.15) is 49.5 Å². The molecular formula is C28H32N6O2. The zero-order chi connectivity index (χ0) is 25.5. The van der Waals surface area contributed by atoms with Gasteiger partial charge in [0, 0.05) is 46.6 Å². The summed E-state index contributed by atoms with van der Waals surface area (Å²) in [4.78, 5) is 16.8. The predicted molar refractivity (Wildman–Crippen MR) is 141 cm³/mol. The molecular weight excluding hydrogens is 452 g/mol. The van der Waals surface area contributed by atoms with Gasteiger partial charge in [0.05, 0.1) is 23.0 Å². The second kappa shape index (κ2) is 8.95. The molecule has 0 spiro atoms. The molecule has 1 aromatic carbocycles. The maximum atomic E-state index is 12.3. The van der Waals surface area contributed by atoms with E-state index in [1.807, 2.05) is 54.7 Å². The first kappa shape index (κ1) is 23.8. The average Bonchev–Trinajstić information content (AvgIpc) is 3.38. The lowest BCUT2D eigenvalue weighted by atomic mass is 9.75. The summed E-state index contributed by atoms with van der Waals surface area (Å²) in [7, 11) is 0. The number of primary amides is 1. The molecule has 3 heterocycles. The van der Waals surface area contributed by atoms with Crippen molar-refractivity contribution in [3.05, 3.63) is 78.2 Å². The molecule has 1 aliphatic carbocycles. The van der Waals surface area contributed by atoms with E-state index < -0.39 is 5.91 Å². The molecule has 3 aromatic heterocycles. The number of fused-ring (bicyclic) bond motifs is 1. The Morgan fingerprint density at radius 1 is 1.14 bits per heavy atom. The number of nitrogens with one attached hydrogen (secondary N) is 1. The Morgan fingerprint density at radius 3 is 2.56 bits per heavy atom. The maximum Gasteiger partial charge on any atom is 0.252 e. The third-order valence-electron chi connectivity index (χ3n) is 7.82. The molecule has 1 aliphatic rings. The number of hydrogen-bond donors (Lipinski definition) is 3. The van der Waals surface area contributed by atoms with E-state index in [1.54, 1.807) is 10.7 Å². The monoisotopic (exact) mass is 484 g/mol. The van der Waals surface area contributed by atoms with Crippen LogP contribution >= 0.6 is 0 Å². The van der Waals surface area contributed by atoms with Crippen molar-refractivity contribution in [3.8, 4) is 17.0 Å². The number of rotatable bonds is 7. The van der Waals surface area contributed by atoms with E-state index in [2.05, 4.69) is 36.2 Å². The number of nitrogens with zero attached hydrogens (tertiary/aromatic N) is 3. The number of benzene rings is 1. The molecule has 8 nitrogen and oxygen atoms in total. The van der Waals surface area contributed by atoms with Gasteiger partial charge in [-0.2, -0.15) is 5.10 Å². The van der Waals surface area contributed by atoms with Gasteiger partial charge in [-0.25, -0.2) is 9.50 Å². The van der Waals surface area contributed by atoms with Crippen molar-refractivity contribution in [1.29, 1.82) is 0 Å². The van der Waals surface area contributed by atoms with Crippen molar-refractivity contribution in [1.82, 2.24) is 14.6 Å². The van der Waals surface area contributed by atoms with E-state index in [-0.39, 0.29) is 17.0 Å². The fourth-order valence-electron chi connectivity index (χ4n) is 4.87. The van der Waals surface area contributed by atoms with Gasteiger partial charge in [-0.3, -0.25) is 4.79 Å². The third kappa shape index (κ3) is 4.28. The van der Waals surface area contributed by atoms with E-state index in [9.17, 15) is 4.79 Å². The molecule has 2 atom stereocenters. The summed E-state index contributed by atoms with van der Waals surface area (Å²) < 4.78 is 7.57. The average molecular weight is 485 g/mol. The molecule has 5 N–H and O–H groups in total. The molecule has 0 bridgehead atoms. The number of anilines is 1. The highest BCUT2D eigenvalue weighted by Gasteiger charge is 2.49. The van der Waals surface area contributed by atoms with Crippen molar-refractivity contribution in [3.63, 3.8) is 0 Å². The van der Waals surface area contributed by atoms with Crippen LogP contribution in [0.2, 0.25) is 0 Å². The quantitative estimate of drug-likeness (QED) is 0.358. The van der Waals surface area contributed by atoms with Gasteiger partial charge in [0.25, 0.3) is 5.91 Å². The first-order valence-electron chi connectivity index (χ1n) is 12.2. The van der Waals surface area contributed by atoms with Gasteiger partial charge in [-0.1, -0.05) is 44.2 Å². The Hall–Kier alpha value is -3.91. The minimum atomic E-state index is -0.525. The highest BCUT2D eigenvalue weighted by Crippen LogP contribution is 2.46. The van der Waals surface area contributed by atoms with Gasteiger partial charge in [-0.15, -0.1) is 0 Å². The molecule has 1 amide bonds. The zero-order valence-electron chi connectivity index (χ0n) is 20.9. The summed E-state index contributed by atoms with van der Waals surface area (Å²) in [6.07, 6.45) is 7.00. The van der Waals surface area contributed by atoms with Crippen molar-refractivity contribution >= 4 is 17.1 Å². The number of carbonyl (C=O) groups excluding carboxylic acids is 1. The Kier molecular flexibility index (Phi) is 5.92. The highest BCUT2D eigenvalue weighted by molar-refractivity contribution is 6.02. The van der Waals surface area contributed by atoms with Crippen molar-refractivity contribution in [2.45, 2.75) is 51.8 Å². The second-order valence-electron chi connectivity index (χ2n) is 10.4. The normalized spacial score (nSPS) is 20.9. The van der Waals surface area contributed by atoms with Crippen LogP contribution in [0.4, 0.5) is 5.69 Å². The first-order chi connectivity index (χ1) is 17.2. The lowest BCUT2D eigenvalue weighted by Crippen LogP contribution is -2.51. The SMILES string of the molecule is CC1(C)[C@H](Nc2c(C(N)=O)cnn3cc(-c4ccc(OCc5ccccc5)nc4)cc23)CC[C@]1(C)N. The summed E-state index contributed by atoms with van der Waals surface area (Å²) in [5, 5.41) is 8.04. The molecule has 0 aliphatic heterocycles. The minimum Gasteiger partial charge on any atom is -0.473 e. The van der Waals surface area contributed by atoms with E-state index >= 15 is 0 Å². The lowest BCUT2D eigenvalue weighted by molar-refractivity contribution is 0.100. The van der Waals surface area contributed by atoms with Gasteiger partial charge < -0.3 is 21.5 Å². The highest BCUT2D eigenvalue weighted by atomic mass is 16.5. The summed E-state index contributed by atoms with van der Waals surface area (Å²) in [6.45, 7) is 6.87. The van der Waals surface area contributed by atoms with E-state index in [0.717, 1.165) is 35.0 Å². The Bertz CT molecular complexity index is 1390. The molecule has 36 heavy (non-hydrogen) atoms. The van der Waals surface area contributed by atoms with Crippen molar-refractivity contribution in [2.24, 2.45) is 16.9 Å². The van der Waals surface area contributed by atoms with Crippen molar-refractivity contribution in [2.75, 3.05) is 5.32 Å². The molecule has 0 unspecified atom stereocenters. The molecule has 186 valence electrons. The van der Waals surface area contributed by atoms with Crippen LogP contribution in [0, 0.1) is 5.41 Å². The van der Waals surface area contributed by atoms with E-state index in [4.69, 9.17) is 16.2 Å². The Morgan fingerprint density at radius 2 is 1.92 bits per heavy atom. The molecule has 4 aromatic rings. The molecule has 5 rings (SSSR count). The zero-order valence-corrected chi connectivity index (χ0v) is 20.9. The molecule has 1 fully saturated rings. The number of nitrogens with two attached hydrogens (primary N) is 2. The first-order valence-corrected chi connectivity index (χ1v) is 12.2. The molecule has 0 saturated heterocycles. The van der Waals surface area contributed by atoms with Gasteiger partial charge in [0.15, 0.2) is 0 Å². The van der Waals surface area contributed by atoms with Gasteiger partial charge >= 0.3 is 0 Å². The number of ether oxygens (including phenoxy) is 1. The lowest BCUT2D eigenvalue weighted by Gasteiger charge is -2.39. The number of hydrogen-bond acceptors (Lipinski definition) is 6. The fourth-order valence-corrected chi connectivity index (χ4v) is 4.87. The van der Waals surface area contributed by atoms with Gasteiger partial charge in [-0.05, 0) is 37.5 Å². The topological polar surface area (TPSA) is 121 Å². The van der Waals surface area contributed by atoms with Crippen LogP contribution < -0.4 is 21.5 Å². The van der Waals surface area contributed by atoms with E-state index in [0.29, 0.717) is 23.7 Å². The minimum absolute atomic E-state index is 0.0814. The Balaban J connectivity index is 1.43. The van der Waals surface area contributed by atoms with Gasteiger partial charge in [0.1, 0.15) is 6.61 Å². The number of aromatic nitrogens is 3. The van der Waals surface area contributed by atoms with Crippen LogP contribution in [0.5, 0.6) is 5.88 Å². The predicted octanol–water partition coefficient (Wildman–Crippen LogP) is 4.39. The third-order valence-corrected chi connectivity index (χ3v) is 7.82. The number of amides is 1. The van der Waals surface area contributed by atoms with Crippen LogP contribution in [0.3, 0.4) is 0 Å². The number of carbonyl (C=O) groups is 1. The smallest absolute Gasteiger partial charge is 0.252 e. The largest absolute Gasteiger partial charge is 0.473 e. The summed E-state index contributed by atoms with van der Waals surface area (Å²) >= 11 is 0. The summed E-state index contributed by atoms with van der Waals surface area (Å²) in [5.74, 6) is 0.0271. The van der Waals surface area contributed by atoms with Crippen LogP contribution in [-0.4, -0.2) is 32.1 Å². The summed E-state index contributed by atoms with van der Waals surface area (Å²) in [5.41, 5.74) is 16.5. The van der Waals surface area contributed by atoms with Gasteiger partial charge in [0.2, 0.25) is 5.88 Å². The van der Waals surface area contributed by atoms with Crippen LogP contribution in [0.15, 0.2) is 67.1 Å². The number of pyridine rings is 1. The van der Waals surface area contributed by atoms with E-state index in [1.165, 1.54) is 6.20 Å². The maximum absolute atomic E-state index is 12.3. The van der Waals surface area contributed by atoms with Crippen LogP contribution in [0.25, 0.3) is 16.6 Å². The molecule has 8 heteroatoms. The van der Waals surface area contributed by atoms with Crippen molar-refractivity contribution < 1.29 is 9.53 Å². The molecule has 0 radical (unpaired) electrons. The molecule has 1 saturated carbocycles. The summed E-state index contributed by atoms with van der Waals surface area (Å²) in [6, 6.07) is 15.9.